The highest BCUT2D eigenvalue weighted by Gasteiger charge is 2.14. The Morgan fingerprint density at radius 1 is 1.33 bits per heavy atom. The summed E-state index contributed by atoms with van der Waals surface area (Å²) in [7, 11) is 0. The number of benzene rings is 1. The SMILES string of the molecule is CC(C)(O)CCOc1cccc(F)c1F. The van der Waals surface area contributed by atoms with Crippen molar-refractivity contribution in [1.29, 1.82) is 0 Å². The summed E-state index contributed by atoms with van der Waals surface area (Å²) in [5.74, 6) is -2.05. The van der Waals surface area contributed by atoms with Crippen molar-refractivity contribution in [3.05, 3.63) is 29.8 Å². The summed E-state index contributed by atoms with van der Waals surface area (Å²) in [4.78, 5) is 0. The van der Waals surface area contributed by atoms with Gasteiger partial charge in [-0.15, -0.1) is 0 Å². The minimum absolute atomic E-state index is 0.126. The average molecular weight is 216 g/mol. The molecule has 4 heteroatoms. The Balaban J connectivity index is 2.55. The van der Waals surface area contributed by atoms with E-state index in [0.29, 0.717) is 6.42 Å². The van der Waals surface area contributed by atoms with Crippen molar-refractivity contribution in [1.82, 2.24) is 0 Å². The molecule has 15 heavy (non-hydrogen) atoms. The van der Waals surface area contributed by atoms with Gasteiger partial charge < -0.3 is 9.84 Å². The minimum Gasteiger partial charge on any atom is -0.490 e. The van der Waals surface area contributed by atoms with Crippen LogP contribution in [0.15, 0.2) is 18.2 Å². The molecule has 1 rings (SSSR count). The lowest BCUT2D eigenvalue weighted by Crippen LogP contribution is -2.22. The average Bonchev–Trinajstić information content (AvgIpc) is 2.10. The molecule has 0 heterocycles. The summed E-state index contributed by atoms with van der Waals surface area (Å²) in [6.07, 6.45) is 0.350. The second-order valence-electron chi connectivity index (χ2n) is 3.96. The summed E-state index contributed by atoms with van der Waals surface area (Å²) < 4.78 is 30.8. The van der Waals surface area contributed by atoms with Crippen LogP contribution in [-0.2, 0) is 0 Å². The van der Waals surface area contributed by atoms with Gasteiger partial charge in [0.05, 0.1) is 12.2 Å². The molecule has 0 atom stereocenters. The fourth-order valence-corrected chi connectivity index (χ4v) is 1.01. The van der Waals surface area contributed by atoms with Crippen LogP contribution in [0.3, 0.4) is 0 Å². The molecule has 0 aliphatic heterocycles. The van der Waals surface area contributed by atoms with Crippen molar-refractivity contribution in [2.45, 2.75) is 25.9 Å². The Kier molecular flexibility index (Phi) is 3.63. The minimum atomic E-state index is -0.992. The maximum atomic E-state index is 13.1. The highest BCUT2D eigenvalue weighted by Crippen LogP contribution is 2.20. The standard InChI is InChI=1S/C11H14F2O2/c1-11(2,14)6-7-15-9-5-3-4-8(12)10(9)13/h3-5,14H,6-7H2,1-2H3. The van der Waals surface area contributed by atoms with Crippen molar-refractivity contribution in [3.63, 3.8) is 0 Å². The third-order valence-electron chi connectivity index (χ3n) is 1.89. The van der Waals surface area contributed by atoms with Crippen LogP contribution in [0, 0.1) is 11.6 Å². The van der Waals surface area contributed by atoms with E-state index in [1.165, 1.54) is 12.1 Å². The summed E-state index contributed by atoms with van der Waals surface area (Å²) in [5, 5.41) is 9.37. The quantitative estimate of drug-likeness (QED) is 0.837. The van der Waals surface area contributed by atoms with E-state index >= 15 is 0 Å². The Morgan fingerprint density at radius 3 is 2.60 bits per heavy atom. The van der Waals surface area contributed by atoms with Crippen LogP contribution >= 0.6 is 0 Å². The van der Waals surface area contributed by atoms with E-state index in [1.54, 1.807) is 13.8 Å². The van der Waals surface area contributed by atoms with Gasteiger partial charge in [0.2, 0.25) is 5.82 Å². The lowest BCUT2D eigenvalue weighted by molar-refractivity contribution is 0.0546. The number of rotatable bonds is 4. The van der Waals surface area contributed by atoms with Crippen LogP contribution in [0.1, 0.15) is 20.3 Å². The zero-order chi connectivity index (χ0) is 11.5. The fraction of sp³-hybridized carbons (Fsp3) is 0.455. The number of aliphatic hydroxyl groups is 1. The first-order valence-electron chi connectivity index (χ1n) is 4.69. The highest BCUT2D eigenvalue weighted by molar-refractivity contribution is 5.24. The number of hydrogen-bond acceptors (Lipinski definition) is 2. The third kappa shape index (κ3) is 3.83. The molecule has 0 amide bonds. The summed E-state index contributed by atoms with van der Waals surface area (Å²) in [6.45, 7) is 3.39. The molecule has 0 fully saturated rings. The van der Waals surface area contributed by atoms with Crippen molar-refractivity contribution in [2.24, 2.45) is 0 Å². The van der Waals surface area contributed by atoms with E-state index in [9.17, 15) is 13.9 Å². The van der Waals surface area contributed by atoms with Gasteiger partial charge in [0.1, 0.15) is 0 Å². The zero-order valence-electron chi connectivity index (χ0n) is 8.76. The van der Waals surface area contributed by atoms with Gasteiger partial charge >= 0.3 is 0 Å². The van der Waals surface area contributed by atoms with Crippen molar-refractivity contribution in [2.75, 3.05) is 6.61 Å². The first kappa shape index (κ1) is 11.9. The van der Waals surface area contributed by atoms with Gasteiger partial charge in [-0.25, -0.2) is 4.39 Å². The van der Waals surface area contributed by atoms with Gasteiger partial charge in [-0.1, -0.05) is 6.07 Å². The third-order valence-corrected chi connectivity index (χ3v) is 1.89. The van der Waals surface area contributed by atoms with Gasteiger partial charge in [0.25, 0.3) is 0 Å². The number of ether oxygens (including phenoxy) is 1. The molecule has 0 radical (unpaired) electrons. The Morgan fingerprint density at radius 2 is 2.00 bits per heavy atom. The molecule has 0 saturated heterocycles. The first-order chi connectivity index (χ1) is 6.90. The Bertz CT molecular complexity index is 332. The molecule has 0 saturated carbocycles. The van der Waals surface area contributed by atoms with Crippen LogP contribution in [-0.4, -0.2) is 17.3 Å². The van der Waals surface area contributed by atoms with Gasteiger partial charge in [-0.2, -0.15) is 4.39 Å². The maximum Gasteiger partial charge on any atom is 0.200 e. The molecule has 84 valence electrons. The number of hydrogen-bond donors (Lipinski definition) is 1. The first-order valence-corrected chi connectivity index (χ1v) is 4.69. The van der Waals surface area contributed by atoms with Gasteiger partial charge in [-0.05, 0) is 26.0 Å². The van der Waals surface area contributed by atoms with Crippen LogP contribution in [0.4, 0.5) is 8.78 Å². The molecule has 1 N–H and O–H groups in total. The maximum absolute atomic E-state index is 13.1. The summed E-state index contributed by atoms with van der Waals surface area (Å²) >= 11 is 0. The Labute approximate surface area is 87.5 Å². The Hall–Kier alpha value is -1.16. The molecule has 0 bridgehead atoms. The predicted octanol–water partition coefficient (Wildman–Crippen LogP) is 2.50. The number of halogens is 2. The van der Waals surface area contributed by atoms with E-state index in [-0.39, 0.29) is 12.4 Å². The second-order valence-corrected chi connectivity index (χ2v) is 3.96. The molecule has 1 aromatic carbocycles. The fourth-order valence-electron chi connectivity index (χ4n) is 1.01. The van der Waals surface area contributed by atoms with Crippen LogP contribution in [0.2, 0.25) is 0 Å². The van der Waals surface area contributed by atoms with Crippen LogP contribution in [0.5, 0.6) is 5.75 Å². The molecular formula is C11H14F2O2. The van der Waals surface area contributed by atoms with Gasteiger partial charge in [0, 0.05) is 6.42 Å². The zero-order valence-corrected chi connectivity index (χ0v) is 8.76. The van der Waals surface area contributed by atoms with Crippen molar-refractivity contribution >= 4 is 0 Å². The van der Waals surface area contributed by atoms with Crippen molar-refractivity contribution < 1.29 is 18.6 Å². The van der Waals surface area contributed by atoms with Crippen molar-refractivity contribution in [3.8, 4) is 5.75 Å². The van der Waals surface area contributed by atoms with E-state index < -0.39 is 17.2 Å². The molecule has 0 aliphatic rings. The molecule has 0 aliphatic carbocycles. The smallest absolute Gasteiger partial charge is 0.200 e. The molecule has 2 nitrogen and oxygen atoms in total. The second kappa shape index (κ2) is 4.57. The van der Waals surface area contributed by atoms with Gasteiger partial charge in [-0.3, -0.25) is 0 Å². The lowest BCUT2D eigenvalue weighted by atomic mass is 10.1. The largest absolute Gasteiger partial charge is 0.490 e. The van der Waals surface area contributed by atoms with Gasteiger partial charge in [0.15, 0.2) is 11.6 Å². The monoisotopic (exact) mass is 216 g/mol. The predicted molar refractivity (Wildman–Crippen MR) is 52.8 cm³/mol. The highest BCUT2D eigenvalue weighted by atomic mass is 19.2. The normalized spacial score (nSPS) is 11.5. The van der Waals surface area contributed by atoms with E-state index in [0.717, 1.165) is 6.07 Å². The van der Waals surface area contributed by atoms with E-state index in [1.807, 2.05) is 0 Å². The molecular weight excluding hydrogens is 202 g/mol. The molecule has 0 aromatic heterocycles. The van der Waals surface area contributed by atoms with Crippen LogP contribution in [0.25, 0.3) is 0 Å². The topological polar surface area (TPSA) is 29.5 Å². The van der Waals surface area contributed by atoms with E-state index in [2.05, 4.69) is 0 Å². The van der Waals surface area contributed by atoms with Crippen LogP contribution < -0.4 is 4.74 Å². The summed E-state index contributed by atoms with van der Waals surface area (Å²) in [6, 6.07) is 3.75. The summed E-state index contributed by atoms with van der Waals surface area (Å²) in [5.41, 5.74) is -0.871. The molecule has 0 unspecified atom stereocenters. The molecule has 1 aromatic rings. The van der Waals surface area contributed by atoms with E-state index in [4.69, 9.17) is 4.74 Å². The molecule has 0 spiro atoms. The lowest BCUT2D eigenvalue weighted by Gasteiger charge is -2.17.